The van der Waals surface area contributed by atoms with E-state index in [1.807, 2.05) is 6.07 Å². The second-order valence-electron chi connectivity index (χ2n) is 6.01. The number of carbonyl (C=O) groups is 1. The minimum absolute atomic E-state index is 0.172. The van der Waals surface area contributed by atoms with Gasteiger partial charge in [0.2, 0.25) is 0 Å². The van der Waals surface area contributed by atoms with Crippen LogP contribution in [0.5, 0.6) is 5.75 Å². The number of para-hydroxylation sites is 1. The summed E-state index contributed by atoms with van der Waals surface area (Å²) in [7, 11) is 0. The van der Waals surface area contributed by atoms with Gasteiger partial charge in [-0.3, -0.25) is 9.69 Å². The Hall–Kier alpha value is -1.35. The van der Waals surface area contributed by atoms with E-state index in [2.05, 4.69) is 58.6 Å². The number of ether oxygens (including phenoxy) is 1. The third-order valence-electron chi connectivity index (χ3n) is 3.78. The Kier molecular flexibility index (Phi) is 6.90. The Labute approximate surface area is 129 Å². The van der Waals surface area contributed by atoms with Crippen molar-refractivity contribution in [2.75, 3.05) is 19.6 Å². The summed E-state index contributed by atoms with van der Waals surface area (Å²) in [5.41, 5.74) is 2.21. The summed E-state index contributed by atoms with van der Waals surface area (Å²) in [6.45, 7) is 14.7. The molecule has 0 spiro atoms. The molecule has 1 aromatic carbocycles. The number of nitrogens with zero attached hydrogens (tertiary/aromatic N) is 1. The fourth-order valence-electron chi connectivity index (χ4n) is 2.38. The molecule has 1 aromatic rings. The van der Waals surface area contributed by atoms with Crippen molar-refractivity contribution in [1.82, 2.24) is 4.90 Å². The van der Waals surface area contributed by atoms with Crippen molar-refractivity contribution in [2.45, 2.75) is 53.4 Å². The molecular formula is C18H29NO2. The Morgan fingerprint density at radius 2 is 1.52 bits per heavy atom. The molecule has 118 valence electrons. The standard InChI is InChI=1S/C18H29NO2/c1-7-19(8-2)12-17(20)21-18-15(13(3)4)10-9-11-16(18)14(5)6/h9-11,13-14H,7-8,12H2,1-6H3. The summed E-state index contributed by atoms with van der Waals surface area (Å²) in [5.74, 6) is 1.26. The molecule has 0 N–H and O–H groups in total. The molecule has 0 radical (unpaired) electrons. The first-order valence-corrected chi connectivity index (χ1v) is 7.96. The van der Waals surface area contributed by atoms with Gasteiger partial charge < -0.3 is 4.74 Å². The second-order valence-corrected chi connectivity index (χ2v) is 6.01. The van der Waals surface area contributed by atoms with Gasteiger partial charge in [0.1, 0.15) is 5.75 Å². The van der Waals surface area contributed by atoms with Gasteiger partial charge in [-0.15, -0.1) is 0 Å². The molecule has 0 heterocycles. The van der Waals surface area contributed by atoms with Gasteiger partial charge in [0.25, 0.3) is 0 Å². The number of carbonyl (C=O) groups excluding carboxylic acids is 1. The molecule has 1 rings (SSSR count). The lowest BCUT2D eigenvalue weighted by atomic mass is 9.94. The van der Waals surface area contributed by atoms with E-state index in [0.717, 1.165) is 30.0 Å². The van der Waals surface area contributed by atoms with Gasteiger partial charge in [-0.05, 0) is 36.1 Å². The fraction of sp³-hybridized carbons (Fsp3) is 0.611. The second kappa shape index (κ2) is 8.18. The van der Waals surface area contributed by atoms with Crippen LogP contribution in [0.2, 0.25) is 0 Å². The molecule has 21 heavy (non-hydrogen) atoms. The molecular weight excluding hydrogens is 262 g/mol. The van der Waals surface area contributed by atoms with Gasteiger partial charge >= 0.3 is 5.97 Å². The van der Waals surface area contributed by atoms with Crippen molar-refractivity contribution in [3.05, 3.63) is 29.3 Å². The minimum atomic E-state index is -0.172. The van der Waals surface area contributed by atoms with Crippen LogP contribution in [-0.2, 0) is 4.79 Å². The van der Waals surface area contributed by atoms with Crippen LogP contribution in [0, 0.1) is 0 Å². The van der Waals surface area contributed by atoms with E-state index < -0.39 is 0 Å². The molecule has 0 saturated heterocycles. The van der Waals surface area contributed by atoms with Crippen LogP contribution in [0.15, 0.2) is 18.2 Å². The quantitative estimate of drug-likeness (QED) is 0.557. The highest BCUT2D eigenvalue weighted by Crippen LogP contribution is 2.34. The van der Waals surface area contributed by atoms with Crippen LogP contribution in [-0.4, -0.2) is 30.5 Å². The first-order chi connectivity index (χ1) is 9.90. The third kappa shape index (κ3) is 4.85. The van der Waals surface area contributed by atoms with Crippen LogP contribution in [0.25, 0.3) is 0 Å². The van der Waals surface area contributed by atoms with Crippen LogP contribution in [0.1, 0.15) is 64.5 Å². The van der Waals surface area contributed by atoms with E-state index in [-0.39, 0.29) is 5.97 Å². The molecule has 0 amide bonds. The van der Waals surface area contributed by atoms with Crippen LogP contribution in [0.4, 0.5) is 0 Å². The van der Waals surface area contributed by atoms with Crippen molar-refractivity contribution in [3.63, 3.8) is 0 Å². The van der Waals surface area contributed by atoms with Gasteiger partial charge in [-0.1, -0.05) is 59.7 Å². The molecule has 0 aliphatic carbocycles. The van der Waals surface area contributed by atoms with E-state index in [1.54, 1.807) is 0 Å². The summed E-state index contributed by atoms with van der Waals surface area (Å²) in [4.78, 5) is 14.3. The zero-order valence-electron chi connectivity index (χ0n) is 14.3. The summed E-state index contributed by atoms with van der Waals surface area (Å²) in [6.07, 6.45) is 0. The molecule has 0 aliphatic heterocycles. The third-order valence-corrected chi connectivity index (χ3v) is 3.78. The predicted octanol–water partition coefficient (Wildman–Crippen LogP) is 4.18. The highest BCUT2D eigenvalue weighted by atomic mass is 16.5. The first-order valence-electron chi connectivity index (χ1n) is 7.96. The summed E-state index contributed by atoms with van der Waals surface area (Å²) in [6, 6.07) is 6.15. The van der Waals surface area contributed by atoms with Gasteiger partial charge in [-0.2, -0.15) is 0 Å². The number of hydrogen-bond acceptors (Lipinski definition) is 3. The predicted molar refractivity (Wildman–Crippen MR) is 88.0 cm³/mol. The monoisotopic (exact) mass is 291 g/mol. The lowest BCUT2D eigenvalue weighted by Crippen LogP contribution is -2.32. The van der Waals surface area contributed by atoms with E-state index in [9.17, 15) is 4.79 Å². The van der Waals surface area contributed by atoms with Gasteiger partial charge in [-0.25, -0.2) is 0 Å². The van der Waals surface area contributed by atoms with Crippen molar-refractivity contribution < 1.29 is 9.53 Å². The maximum atomic E-state index is 12.2. The first kappa shape index (κ1) is 17.7. The highest BCUT2D eigenvalue weighted by molar-refractivity contribution is 5.75. The minimum Gasteiger partial charge on any atom is -0.425 e. The van der Waals surface area contributed by atoms with Crippen LogP contribution >= 0.6 is 0 Å². The molecule has 0 saturated carbocycles. The van der Waals surface area contributed by atoms with E-state index in [0.29, 0.717) is 18.4 Å². The van der Waals surface area contributed by atoms with E-state index >= 15 is 0 Å². The van der Waals surface area contributed by atoms with Crippen LogP contribution < -0.4 is 4.74 Å². The van der Waals surface area contributed by atoms with Gasteiger partial charge in [0, 0.05) is 0 Å². The summed E-state index contributed by atoms with van der Waals surface area (Å²) in [5, 5.41) is 0. The van der Waals surface area contributed by atoms with Crippen molar-refractivity contribution in [1.29, 1.82) is 0 Å². The number of hydrogen-bond donors (Lipinski definition) is 0. The summed E-state index contributed by atoms with van der Waals surface area (Å²) >= 11 is 0. The fourth-order valence-corrected chi connectivity index (χ4v) is 2.38. The average Bonchev–Trinajstić information content (AvgIpc) is 2.44. The molecule has 0 atom stereocenters. The van der Waals surface area contributed by atoms with Crippen molar-refractivity contribution in [3.8, 4) is 5.75 Å². The van der Waals surface area contributed by atoms with Gasteiger partial charge in [0.05, 0.1) is 6.54 Å². The lowest BCUT2D eigenvalue weighted by Gasteiger charge is -2.21. The topological polar surface area (TPSA) is 29.5 Å². The highest BCUT2D eigenvalue weighted by Gasteiger charge is 2.18. The Morgan fingerprint density at radius 3 is 1.90 bits per heavy atom. The number of likely N-dealkylation sites (N-methyl/N-ethyl adjacent to an activating group) is 1. The Morgan fingerprint density at radius 1 is 1.05 bits per heavy atom. The largest absolute Gasteiger partial charge is 0.425 e. The molecule has 0 aromatic heterocycles. The number of esters is 1. The maximum absolute atomic E-state index is 12.2. The lowest BCUT2D eigenvalue weighted by molar-refractivity contribution is -0.135. The molecule has 0 fully saturated rings. The van der Waals surface area contributed by atoms with Crippen LogP contribution in [0.3, 0.4) is 0 Å². The zero-order valence-corrected chi connectivity index (χ0v) is 14.3. The van der Waals surface area contributed by atoms with E-state index in [1.165, 1.54) is 0 Å². The number of rotatable bonds is 7. The van der Waals surface area contributed by atoms with E-state index in [4.69, 9.17) is 4.74 Å². The molecule has 0 unspecified atom stereocenters. The molecule has 3 heteroatoms. The molecule has 0 bridgehead atoms. The summed E-state index contributed by atoms with van der Waals surface area (Å²) < 4.78 is 5.75. The smallest absolute Gasteiger partial charge is 0.325 e. The van der Waals surface area contributed by atoms with Gasteiger partial charge in [0.15, 0.2) is 0 Å². The normalized spacial score (nSPS) is 11.5. The van der Waals surface area contributed by atoms with Crippen molar-refractivity contribution in [2.24, 2.45) is 0 Å². The average molecular weight is 291 g/mol. The van der Waals surface area contributed by atoms with Crippen molar-refractivity contribution >= 4 is 5.97 Å². The Bertz CT molecular complexity index is 436. The molecule has 0 aliphatic rings. The Balaban J connectivity index is 3.02. The molecule has 3 nitrogen and oxygen atoms in total. The number of benzene rings is 1. The zero-order chi connectivity index (χ0) is 16.0. The maximum Gasteiger partial charge on any atom is 0.325 e. The SMILES string of the molecule is CCN(CC)CC(=O)Oc1c(C(C)C)cccc1C(C)C.